The molecule has 184 valence electrons. The highest BCUT2D eigenvalue weighted by atomic mass is 32.1. The minimum atomic E-state index is -0.196. The van der Waals surface area contributed by atoms with E-state index in [-0.39, 0.29) is 11.0 Å². The number of carbonyl (C=O) groups excluding carboxylic acids is 1. The first-order valence-corrected chi connectivity index (χ1v) is 13.2. The van der Waals surface area contributed by atoms with Crippen LogP contribution in [-0.2, 0) is 4.79 Å². The molecule has 0 bridgehead atoms. The van der Waals surface area contributed by atoms with Gasteiger partial charge in [-0.2, -0.15) is 9.49 Å². The normalized spacial score (nSPS) is 11.4. The van der Waals surface area contributed by atoms with Gasteiger partial charge in [-0.1, -0.05) is 43.7 Å². The number of thiophene rings is 1. The van der Waals surface area contributed by atoms with Gasteiger partial charge >= 0.3 is 0 Å². The Bertz CT molecular complexity index is 1750. The van der Waals surface area contributed by atoms with Crippen molar-refractivity contribution in [2.24, 2.45) is 0 Å². The predicted molar refractivity (Wildman–Crippen MR) is 150 cm³/mol. The lowest BCUT2D eigenvalue weighted by Crippen LogP contribution is -2.10. The topological polar surface area (TPSA) is 73.6 Å². The average molecular weight is 509 g/mol. The van der Waals surface area contributed by atoms with Gasteiger partial charge in [0.15, 0.2) is 5.13 Å². The van der Waals surface area contributed by atoms with E-state index in [0.29, 0.717) is 6.42 Å². The number of aromatic nitrogens is 3. The monoisotopic (exact) mass is 508 g/mol. The van der Waals surface area contributed by atoms with Gasteiger partial charge in [0.25, 0.3) is 0 Å². The Labute approximate surface area is 217 Å². The molecule has 0 aliphatic heterocycles. The van der Waals surface area contributed by atoms with Crippen LogP contribution < -0.4 is 5.32 Å². The molecule has 0 atom stereocenters. The minimum absolute atomic E-state index is 0.0371. The van der Waals surface area contributed by atoms with Crippen molar-refractivity contribution < 1.29 is 9.18 Å². The van der Waals surface area contributed by atoms with Crippen molar-refractivity contribution in [3.8, 4) is 33.0 Å². The van der Waals surface area contributed by atoms with Gasteiger partial charge in [0, 0.05) is 38.8 Å². The Morgan fingerprint density at radius 3 is 2.65 bits per heavy atom. The number of unbranched alkanes of at least 4 members (excludes halogenated alkanes) is 1. The van der Waals surface area contributed by atoms with E-state index in [4.69, 9.17) is 0 Å². The maximum atomic E-state index is 13.7. The van der Waals surface area contributed by atoms with Crippen LogP contribution in [0, 0.1) is 5.13 Å². The number of amides is 1. The van der Waals surface area contributed by atoms with Crippen molar-refractivity contribution in [1.82, 2.24) is 15.2 Å². The van der Waals surface area contributed by atoms with Crippen molar-refractivity contribution in [2.75, 3.05) is 5.32 Å². The number of hydrogen-bond acceptors (Lipinski definition) is 3. The summed E-state index contributed by atoms with van der Waals surface area (Å²) in [5, 5.41) is 12.6. The molecule has 0 saturated heterocycles. The number of carbonyl (C=O) groups is 1. The van der Waals surface area contributed by atoms with Crippen LogP contribution in [0.4, 0.5) is 10.1 Å². The summed E-state index contributed by atoms with van der Waals surface area (Å²) in [7, 11) is 0. The molecule has 0 aliphatic rings. The number of benzene rings is 3. The molecule has 0 radical (unpaired) electrons. The third-order valence-corrected chi connectivity index (χ3v) is 7.46. The predicted octanol–water partition coefficient (Wildman–Crippen LogP) is 8.37. The zero-order valence-corrected chi connectivity index (χ0v) is 21.1. The summed E-state index contributed by atoms with van der Waals surface area (Å²) >= 11 is 1.14. The second-order valence-corrected chi connectivity index (χ2v) is 10.2. The van der Waals surface area contributed by atoms with Crippen molar-refractivity contribution in [2.45, 2.75) is 26.2 Å². The Balaban J connectivity index is 1.37. The molecular weight excluding hydrogens is 483 g/mol. The fourth-order valence-electron chi connectivity index (χ4n) is 4.69. The van der Waals surface area contributed by atoms with Crippen molar-refractivity contribution in [1.29, 1.82) is 0 Å². The van der Waals surface area contributed by atoms with Crippen LogP contribution in [-0.4, -0.2) is 21.1 Å². The molecule has 6 aromatic rings. The number of rotatable bonds is 7. The van der Waals surface area contributed by atoms with E-state index in [2.05, 4.69) is 45.6 Å². The summed E-state index contributed by atoms with van der Waals surface area (Å²) in [6, 6.07) is 25.5. The molecule has 1 amide bonds. The van der Waals surface area contributed by atoms with Crippen LogP contribution in [0.2, 0.25) is 0 Å². The summed E-state index contributed by atoms with van der Waals surface area (Å²) in [5.41, 5.74) is 7.44. The molecule has 6 rings (SSSR count). The molecule has 3 heterocycles. The molecule has 0 spiro atoms. The number of H-pyrrole nitrogens is 2. The molecule has 0 saturated carbocycles. The third-order valence-electron chi connectivity index (χ3n) is 6.56. The molecule has 5 nitrogen and oxygen atoms in total. The highest BCUT2D eigenvalue weighted by Gasteiger charge is 2.15. The first-order valence-electron chi connectivity index (χ1n) is 12.4. The fourth-order valence-corrected chi connectivity index (χ4v) is 5.46. The molecule has 3 aromatic heterocycles. The lowest BCUT2D eigenvalue weighted by Gasteiger charge is -2.08. The quantitative estimate of drug-likeness (QED) is 0.203. The Kier molecular flexibility index (Phi) is 6.06. The Morgan fingerprint density at radius 1 is 0.946 bits per heavy atom. The van der Waals surface area contributed by atoms with Gasteiger partial charge in [-0.25, -0.2) is 0 Å². The van der Waals surface area contributed by atoms with Gasteiger partial charge in [-0.3, -0.25) is 9.89 Å². The molecule has 3 N–H and O–H groups in total. The first kappa shape index (κ1) is 23.2. The average Bonchev–Trinajstić information content (AvgIpc) is 3.64. The zero-order chi connectivity index (χ0) is 25.4. The molecule has 0 fully saturated rings. The summed E-state index contributed by atoms with van der Waals surface area (Å²) in [6.07, 6.45) is 2.40. The number of anilines is 1. The number of hydrogen-bond donors (Lipinski definition) is 3. The van der Waals surface area contributed by atoms with Gasteiger partial charge in [0.2, 0.25) is 5.91 Å². The lowest BCUT2D eigenvalue weighted by molar-refractivity contribution is -0.116. The summed E-state index contributed by atoms with van der Waals surface area (Å²) < 4.78 is 13.7. The van der Waals surface area contributed by atoms with E-state index < -0.39 is 0 Å². The van der Waals surface area contributed by atoms with Crippen LogP contribution in [0.5, 0.6) is 0 Å². The molecular formula is C30H25FN4OS. The Morgan fingerprint density at radius 2 is 1.81 bits per heavy atom. The maximum absolute atomic E-state index is 13.7. The zero-order valence-electron chi connectivity index (χ0n) is 20.3. The summed E-state index contributed by atoms with van der Waals surface area (Å²) in [6.45, 7) is 2.08. The van der Waals surface area contributed by atoms with E-state index in [1.54, 1.807) is 0 Å². The second-order valence-electron chi connectivity index (χ2n) is 9.12. The maximum Gasteiger partial charge on any atom is 0.224 e. The van der Waals surface area contributed by atoms with Crippen LogP contribution in [0.15, 0.2) is 78.9 Å². The van der Waals surface area contributed by atoms with Crippen molar-refractivity contribution in [3.63, 3.8) is 0 Å². The van der Waals surface area contributed by atoms with E-state index in [0.717, 1.165) is 84.6 Å². The number of halogens is 1. The molecule has 7 heteroatoms. The highest BCUT2D eigenvalue weighted by molar-refractivity contribution is 7.14. The second kappa shape index (κ2) is 9.67. The largest absolute Gasteiger partial charge is 0.353 e. The number of fused-ring (bicyclic) bond motifs is 2. The third kappa shape index (κ3) is 4.54. The van der Waals surface area contributed by atoms with E-state index in [1.165, 1.54) is 6.07 Å². The molecule has 0 unspecified atom stereocenters. The number of nitrogens with one attached hydrogen (secondary N) is 3. The molecule has 37 heavy (non-hydrogen) atoms. The molecule has 0 aliphatic carbocycles. The smallest absolute Gasteiger partial charge is 0.224 e. The van der Waals surface area contributed by atoms with Gasteiger partial charge in [-0.05, 0) is 66.1 Å². The number of aromatic amines is 2. The number of nitrogens with zero attached hydrogens (tertiary/aromatic N) is 1. The van der Waals surface area contributed by atoms with Gasteiger partial charge in [-0.15, -0.1) is 11.3 Å². The standard InChI is InChI=1S/C30H25FN4OS/c1-2-3-10-29(36)32-20-7-4-6-18(15-20)19-11-12-25-23(16-19)30(35-34-25)26-17-22-21(8-5-9-24(22)33-26)27-13-14-28(31)37-27/h4-9,11-17,33H,2-3,10H2,1H3,(H,32,36)(H,34,35). The van der Waals surface area contributed by atoms with Gasteiger partial charge < -0.3 is 10.3 Å². The van der Waals surface area contributed by atoms with E-state index in [9.17, 15) is 9.18 Å². The first-order chi connectivity index (χ1) is 18.1. The molecule has 3 aromatic carbocycles. The Hall–Kier alpha value is -4.23. The minimum Gasteiger partial charge on any atom is -0.353 e. The van der Waals surface area contributed by atoms with Crippen molar-refractivity contribution in [3.05, 3.63) is 84.0 Å². The SMILES string of the molecule is CCCCC(=O)Nc1cccc(-c2ccc3[nH]nc(-c4cc5c(-c6ccc(F)s6)cccc5[nH]4)c3c2)c1. The van der Waals surface area contributed by atoms with Crippen LogP contribution in [0.1, 0.15) is 26.2 Å². The highest BCUT2D eigenvalue weighted by Crippen LogP contribution is 2.37. The van der Waals surface area contributed by atoms with Gasteiger partial charge in [0.05, 0.1) is 11.2 Å². The summed E-state index contributed by atoms with van der Waals surface area (Å²) in [5.74, 6) is 0.0371. The van der Waals surface area contributed by atoms with Gasteiger partial charge in [0.1, 0.15) is 5.69 Å². The summed E-state index contributed by atoms with van der Waals surface area (Å²) in [4.78, 5) is 16.6. The van der Waals surface area contributed by atoms with E-state index in [1.807, 2.05) is 54.6 Å². The van der Waals surface area contributed by atoms with Crippen LogP contribution in [0.3, 0.4) is 0 Å². The van der Waals surface area contributed by atoms with Crippen LogP contribution in [0.25, 0.3) is 54.8 Å². The lowest BCUT2D eigenvalue weighted by atomic mass is 10.0. The van der Waals surface area contributed by atoms with Crippen molar-refractivity contribution >= 4 is 44.7 Å². The fraction of sp³-hybridized carbons (Fsp3) is 0.133. The van der Waals surface area contributed by atoms with E-state index >= 15 is 0 Å². The van der Waals surface area contributed by atoms with Crippen LogP contribution >= 0.6 is 11.3 Å².